The summed E-state index contributed by atoms with van der Waals surface area (Å²) in [5.74, 6) is 2.92. The lowest BCUT2D eigenvalue weighted by atomic mass is 10.4. The van der Waals surface area contributed by atoms with Crippen LogP contribution in [0.2, 0.25) is 0 Å². The van der Waals surface area contributed by atoms with E-state index < -0.39 is 0 Å². The molecule has 0 aliphatic carbocycles. The van der Waals surface area contributed by atoms with Gasteiger partial charge < -0.3 is 0 Å². The van der Waals surface area contributed by atoms with Gasteiger partial charge in [-0.2, -0.15) is 0 Å². The molecule has 0 aromatic carbocycles. The molecule has 1 aromatic heterocycles. The first kappa shape index (κ1) is 6.74. The summed E-state index contributed by atoms with van der Waals surface area (Å²) in [4.78, 5) is 0. The van der Waals surface area contributed by atoms with Gasteiger partial charge in [-0.25, -0.2) is 0 Å². The Bertz CT molecular complexity index is 185. The largest absolute Gasteiger partial charge is 0.208 e. The van der Waals surface area contributed by atoms with Crippen LogP contribution in [0.1, 0.15) is 12.8 Å². The molecule has 0 saturated carbocycles. The molecule has 2 rings (SSSR count). The topological polar surface area (TPSA) is 0 Å². The van der Waals surface area contributed by atoms with Gasteiger partial charge in [0.2, 0.25) is 4.21 Å². The molecule has 0 amide bonds. The summed E-state index contributed by atoms with van der Waals surface area (Å²) in [5.41, 5.74) is 0. The Morgan fingerprint density at radius 2 is 2.10 bits per heavy atom. The van der Waals surface area contributed by atoms with Crippen LogP contribution in [0.3, 0.4) is 0 Å². The van der Waals surface area contributed by atoms with Gasteiger partial charge >= 0.3 is 0 Å². The lowest BCUT2D eigenvalue weighted by Crippen LogP contribution is -2.00. The molecule has 0 atom stereocenters. The van der Waals surface area contributed by atoms with Crippen LogP contribution in [0, 0.1) is 0 Å². The number of hydrogen-bond acceptors (Lipinski definition) is 1. The molecule has 1 saturated heterocycles. The molecule has 0 bridgehead atoms. The van der Waals surface area contributed by atoms with Gasteiger partial charge in [0.15, 0.2) is 0 Å². The van der Waals surface area contributed by atoms with Gasteiger partial charge in [0, 0.05) is 17.0 Å². The molecule has 0 spiro atoms. The summed E-state index contributed by atoms with van der Waals surface area (Å²) in [5, 5.41) is 2.20. The molecule has 0 radical (unpaired) electrons. The first-order chi connectivity index (χ1) is 4.97. The second-order valence-corrected chi connectivity index (χ2v) is 5.99. The molecule has 0 unspecified atom stereocenters. The first-order valence-corrected chi connectivity index (χ1v) is 6.12. The van der Waals surface area contributed by atoms with Crippen LogP contribution in [-0.4, -0.2) is 11.5 Å². The van der Waals surface area contributed by atoms with Gasteiger partial charge in [-0.1, -0.05) is 11.3 Å². The summed E-state index contributed by atoms with van der Waals surface area (Å²) in [6.45, 7) is 0. The van der Waals surface area contributed by atoms with E-state index in [0.717, 1.165) is 0 Å². The lowest BCUT2D eigenvalue weighted by Gasteiger charge is -1.92. The molecule has 2 heterocycles. The molecular formula is C8H11S2+. The summed E-state index contributed by atoms with van der Waals surface area (Å²) in [6, 6.07) is 4.46. The van der Waals surface area contributed by atoms with Gasteiger partial charge in [-0.3, -0.25) is 0 Å². The van der Waals surface area contributed by atoms with E-state index in [9.17, 15) is 0 Å². The quantitative estimate of drug-likeness (QED) is 0.570. The number of rotatable bonds is 1. The number of hydrogen-bond donors (Lipinski definition) is 0. The lowest BCUT2D eigenvalue weighted by molar-refractivity contribution is 0.949. The zero-order valence-electron chi connectivity index (χ0n) is 5.88. The van der Waals surface area contributed by atoms with E-state index in [-0.39, 0.29) is 0 Å². The monoisotopic (exact) mass is 171 g/mol. The molecule has 54 valence electrons. The van der Waals surface area contributed by atoms with Crippen molar-refractivity contribution in [3.63, 3.8) is 0 Å². The van der Waals surface area contributed by atoms with Crippen molar-refractivity contribution < 1.29 is 0 Å². The third kappa shape index (κ3) is 1.23. The Labute approximate surface area is 68.6 Å². The van der Waals surface area contributed by atoms with Crippen molar-refractivity contribution in [2.45, 2.75) is 17.1 Å². The fraction of sp³-hybridized carbons (Fsp3) is 0.500. The van der Waals surface area contributed by atoms with Crippen LogP contribution < -0.4 is 0 Å². The molecule has 0 nitrogen and oxygen atoms in total. The van der Waals surface area contributed by atoms with Crippen LogP contribution >= 0.6 is 11.3 Å². The van der Waals surface area contributed by atoms with E-state index in [1.54, 1.807) is 4.21 Å². The molecule has 1 aliphatic rings. The van der Waals surface area contributed by atoms with Crippen LogP contribution in [0.4, 0.5) is 0 Å². The zero-order valence-corrected chi connectivity index (χ0v) is 7.51. The molecule has 1 aliphatic heterocycles. The standard InChI is InChI=1S/C8H11S2/c1-2-7-10(6-1)8-4-3-5-9-8/h3-5H,1-2,6-7H2/q+1. The molecule has 0 N–H and O–H groups in total. The van der Waals surface area contributed by atoms with Crippen molar-refractivity contribution in [1.29, 1.82) is 0 Å². The second-order valence-electron chi connectivity index (χ2n) is 2.54. The first-order valence-electron chi connectivity index (χ1n) is 3.68. The van der Waals surface area contributed by atoms with Crippen LogP contribution in [0.5, 0.6) is 0 Å². The fourth-order valence-corrected chi connectivity index (χ4v) is 4.93. The van der Waals surface area contributed by atoms with E-state index in [2.05, 4.69) is 17.5 Å². The maximum absolute atomic E-state index is 2.29. The van der Waals surface area contributed by atoms with Crippen LogP contribution in [0.25, 0.3) is 0 Å². The highest BCUT2D eigenvalue weighted by atomic mass is 32.2. The minimum atomic E-state index is 0.659. The van der Waals surface area contributed by atoms with Crippen molar-refractivity contribution in [2.24, 2.45) is 0 Å². The third-order valence-electron chi connectivity index (χ3n) is 1.81. The van der Waals surface area contributed by atoms with Gasteiger partial charge in [0.05, 0.1) is 0 Å². The van der Waals surface area contributed by atoms with Crippen LogP contribution in [-0.2, 0) is 10.9 Å². The predicted octanol–water partition coefficient (Wildman–Crippen LogP) is 2.52. The van der Waals surface area contributed by atoms with E-state index in [1.165, 1.54) is 24.3 Å². The average Bonchev–Trinajstić information content (AvgIpc) is 2.59. The predicted molar refractivity (Wildman–Crippen MR) is 48.9 cm³/mol. The minimum absolute atomic E-state index is 0.659. The summed E-state index contributed by atoms with van der Waals surface area (Å²) in [7, 11) is 0.659. The van der Waals surface area contributed by atoms with Gasteiger partial charge in [0.1, 0.15) is 11.5 Å². The van der Waals surface area contributed by atoms with Gasteiger partial charge in [-0.15, -0.1) is 0 Å². The van der Waals surface area contributed by atoms with E-state index in [1.807, 2.05) is 11.3 Å². The van der Waals surface area contributed by atoms with Crippen LogP contribution in [0.15, 0.2) is 21.7 Å². The maximum Gasteiger partial charge on any atom is 0.208 e. The highest BCUT2D eigenvalue weighted by molar-refractivity contribution is 7.98. The Morgan fingerprint density at radius 1 is 1.30 bits per heavy atom. The molecule has 10 heavy (non-hydrogen) atoms. The Hall–Kier alpha value is 0.0500. The van der Waals surface area contributed by atoms with Crippen molar-refractivity contribution in [2.75, 3.05) is 11.5 Å². The molecule has 2 heteroatoms. The van der Waals surface area contributed by atoms with Crippen molar-refractivity contribution in [3.8, 4) is 0 Å². The SMILES string of the molecule is c1csc([S+]2CCCC2)c1. The van der Waals surface area contributed by atoms with E-state index >= 15 is 0 Å². The maximum atomic E-state index is 2.29. The third-order valence-corrected chi connectivity index (χ3v) is 5.74. The molecule has 1 aromatic rings. The Morgan fingerprint density at radius 3 is 2.70 bits per heavy atom. The number of thiophene rings is 1. The highest BCUT2D eigenvalue weighted by Gasteiger charge is 2.27. The summed E-state index contributed by atoms with van der Waals surface area (Å²) >= 11 is 1.93. The average molecular weight is 171 g/mol. The Balaban J connectivity index is 2.12. The summed E-state index contributed by atoms with van der Waals surface area (Å²) < 4.78 is 1.64. The van der Waals surface area contributed by atoms with Crippen molar-refractivity contribution in [3.05, 3.63) is 17.5 Å². The van der Waals surface area contributed by atoms with E-state index in [0.29, 0.717) is 10.9 Å². The normalized spacial score (nSPS) is 20.0. The van der Waals surface area contributed by atoms with Crippen molar-refractivity contribution >= 4 is 22.2 Å². The summed E-state index contributed by atoms with van der Waals surface area (Å²) in [6.07, 6.45) is 2.92. The van der Waals surface area contributed by atoms with Gasteiger partial charge in [0.25, 0.3) is 0 Å². The Kier molecular flexibility index (Phi) is 2.00. The van der Waals surface area contributed by atoms with Crippen molar-refractivity contribution in [1.82, 2.24) is 0 Å². The fourth-order valence-electron chi connectivity index (χ4n) is 1.28. The smallest absolute Gasteiger partial charge is 0.0945 e. The second kappa shape index (κ2) is 2.97. The zero-order chi connectivity index (χ0) is 6.81. The minimum Gasteiger partial charge on any atom is -0.0945 e. The van der Waals surface area contributed by atoms with E-state index in [4.69, 9.17) is 0 Å². The molecule has 1 fully saturated rings. The highest BCUT2D eigenvalue weighted by Crippen LogP contribution is 2.26. The molecular weight excluding hydrogens is 160 g/mol. The van der Waals surface area contributed by atoms with Gasteiger partial charge in [-0.05, 0) is 24.3 Å².